The molecule has 98 valence electrons. The molecule has 0 aromatic heterocycles. The highest BCUT2D eigenvalue weighted by molar-refractivity contribution is 6.32. The first-order valence-electron chi connectivity index (χ1n) is 5.82. The number of halogens is 1. The topological polar surface area (TPSA) is 35.5 Å². The molecule has 3 nitrogen and oxygen atoms in total. The molecule has 0 amide bonds. The van der Waals surface area contributed by atoms with Gasteiger partial charge in [0.05, 0.1) is 18.7 Å². The molecule has 0 saturated carbocycles. The third kappa shape index (κ3) is 3.50. The Balaban J connectivity index is 3.23. The second kappa shape index (κ2) is 7.07. The van der Waals surface area contributed by atoms with Crippen LogP contribution in [0.15, 0.2) is 17.7 Å². The maximum absolute atomic E-state index is 10.8. The molecular formula is C14H17ClO3. The van der Waals surface area contributed by atoms with Crippen molar-refractivity contribution in [1.82, 2.24) is 0 Å². The summed E-state index contributed by atoms with van der Waals surface area (Å²) >= 11 is 6.12. The van der Waals surface area contributed by atoms with Crippen LogP contribution in [0.5, 0.6) is 11.5 Å². The second-order valence-corrected chi connectivity index (χ2v) is 4.06. The van der Waals surface area contributed by atoms with Crippen molar-refractivity contribution in [3.63, 3.8) is 0 Å². The van der Waals surface area contributed by atoms with E-state index in [4.69, 9.17) is 21.1 Å². The van der Waals surface area contributed by atoms with Crippen LogP contribution in [-0.4, -0.2) is 20.0 Å². The quantitative estimate of drug-likeness (QED) is 0.582. The normalized spacial score (nSPS) is 11.2. The van der Waals surface area contributed by atoms with E-state index in [9.17, 15) is 4.79 Å². The maximum Gasteiger partial charge on any atom is 0.179 e. The molecule has 0 bridgehead atoms. The van der Waals surface area contributed by atoms with Gasteiger partial charge >= 0.3 is 0 Å². The SMILES string of the molecule is CCOc1cc(C=C(C=O)CC)cc(Cl)c1OC. The molecule has 0 N–H and O–H groups in total. The fraction of sp³-hybridized carbons (Fsp3) is 0.357. The number of rotatable bonds is 6. The Labute approximate surface area is 112 Å². The molecule has 0 spiro atoms. The lowest BCUT2D eigenvalue weighted by molar-refractivity contribution is -0.104. The molecule has 0 unspecified atom stereocenters. The van der Waals surface area contributed by atoms with E-state index in [1.807, 2.05) is 19.9 Å². The van der Waals surface area contributed by atoms with E-state index in [2.05, 4.69) is 0 Å². The highest BCUT2D eigenvalue weighted by Crippen LogP contribution is 2.36. The van der Waals surface area contributed by atoms with E-state index in [1.54, 1.807) is 19.3 Å². The Hall–Kier alpha value is -1.48. The summed E-state index contributed by atoms with van der Waals surface area (Å²) in [6.45, 7) is 4.34. The number of methoxy groups -OCH3 is 1. The second-order valence-electron chi connectivity index (χ2n) is 3.66. The first kappa shape index (κ1) is 14.6. The predicted octanol–water partition coefficient (Wildman–Crippen LogP) is 3.74. The van der Waals surface area contributed by atoms with Crippen LogP contribution in [0.1, 0.15) is 25.8 Å². The standard InChI is InChI=1S/C14H17ClO3/c1-4-10(9-16)6-11-7-12(15)14(17-3)13(8-11)18-5-2/h6-9H,4-5H2,1-3H3. The molecule has 0 aliphatic rings. The molecule has 1 aromatic rings. The van der Waals surface area contributed by atoms with Crippen molar-refractivity contribution >= 4 is 24.0 Å². The van der Waals surface area contributed by atoms with Crippen LogP contribution < -0.4 is 9.47 Å². The fourth-order valence-electron chi connectivity index (χ4n) is 1.57. The zero-order chi connectivity index (χ0) is 13.5. The van der Waals surface area contributed by atoms with Crippen LogP contribution in [0, 0.1) is 0 Å². The van der Waals surface area contributed by atoms with Crippen LogP contribution in [-0.2, 0) is 4.79 Å². The maximum atomic E-state index is 10.8. The highest BCUT2D eigenvalue weighted by atomic mass is 35.5. The molecule has 0 fully saturated rings. The average Bonchev–Trinajstić information content (AvgIpc) is 2.36. The largest absolute Gasteiger partial charge is 0.491 e. The summed E-state index contributed by atoms with van der Waals surface area (Å²) in [5.74, 6) is 1.10. The van der Waals surface area contributed by atoms with E-state index >= 15 is 0 Å². The summed E-state index contributed by atoms with van der Waals surface area (Å²) in [7, 11) is 1.54. The lowest BCUT2D eigenvalue weighted by Gasteiger charge is -2.12. The van der Waals surface area contributed by atoms with Gasteiger partial charge in [-0.2, -0.15) is 0 Å². The molecule has 0 saturated heterocycles. The van der Waals surface area contributed by atoms with Gasteiger partial charge in [0.15, 0.2) is 11.5 Å². The van der Waals surface area contributed by atoms with E-state index in [1.165, 1.54) is 0 Å². The first-order chi connectivity index (χ1) is 8.65. The summed E-state index contributed by atoms with van der Waals surface area (Å²) in [5.41, 5.74) is 1.53. The third-order valence-electron chi connectivity index (χ3n) is 2.45. The molecule has 0 atom stereocenters. The molecule has 1 aromatic carbocycles. The number of carbonyl (C=O) groups excluding carboxylic acids is 1. The number of carbonyl (C=O) groups is 1. The van der Waals surface area contributed by atoms with E-state index in [0.717, 1.165) is 11.8 Å². The molecule has 0 aliphatic heterocycles. The highest BCUT2D eigenvalue weighted by Gasteiger charge is 2.10. The molecule has 0 aliphatic carbocycles. The number of aldehydes is 1. The zero-order valence-electron chi connectivity index (χ0n) is 10.8. The number of hydrogen-bond acceptors (Lipinski definition) is 3. The number of benzene rings is 1. The van der Waals surface area contributed by atoms with Gasteiger partial charge in [-0.1, -0.05) is 18.5 Å². The first-order valence-corrected chi connectivity index (χ1v) is 6.20. The number of hydrogen-bond donors (Lipinski definition) is 0. The van der Waals surface area contributed by atoms with Crippen LogP contribution in [0.3, 0.4) is 0 Å². The summed E-state index contributed by atoms with van der Waals surface area (Å²) in [6.07, 6.45) is 3.32. The smallest absolute Gasteiger partial charge is 0.179 e. The van der Waals surface area contributed by atoms with Gasteiger partial charge in [-0.25, -0.2) is 0 Å². The molecule has 4 heteroatoms. The van der Waals surface area contributed by atoms with Crippen LogP contribution in [0.2, 0.25) is 5.02 Å². The van der Waals surface area contributed by atoms with Crippen LogP contribution in [0.4, 0.5) is 0 Å². The van der Waals surface area contributed by atoms with Gasteiger partial charge < -0.3 is 9.47 Å². The Morgan fingerprint density at radius 1 is 1.39 bits per heavy atom. The van der Waals surface area contributed by atoms with Crippen molar-refractivity contribution in [3.05, 3.63) is 28.3 Å². The van der Waals surface area contributed by atoms with Crippen molar-refractivity contribution < 1.29 is 14.3 Å². The Kier molecular flexibility index (Phi) is 5.72. The van der Waals surface area contributed by atoms with Gasteiger partial charge in [0.2, 0.25) is 0 Å². The van der Waals surface area contributed by atoms with Gasteiger partial charge in [0.1, 0.15) is 6.29 Å². The fourth-order valence-corrected chi connectivity index (χ4v) is 1.86. The van der Waals surface area contributed by atoms with Gasteiger partial charge in [0.25, 0.3) is 0 Å². The lowest BCUT2D eigenvalue weighted by Crippen LogP contribution is -1.96. The number of allylic oxidation sites excluding steroid dienone is 1. The Bertz CT molecular complexity index is 453. The molecular weight excluding hydrogens is 252 g/mol. The van der Waals surface area contributed by atoms with E-state index < -0.39 is 0 Å². The molecule has 1 rings (SSSR count). The number of ether oxygens (including phenoxy) is 2. The van der Waals surface area contributed by atoms with Gasteiger partial charge in [0, 0.05) is 0 Å². The monoisotopic (exact) mass is 268 g/mol. The molecule has 0 heterocycles. The van der Waals surface area contributed by atoms with Crippen LogP contribution in [0.25, 0.3) is 6.08 Å². The van der Waals surface area contributed by atoms with Gasteiger partial charge in [-0.05, 0) is 42.7 Å². The van der Waals surface area contributed by atoms with Crippen LogP contribution >= 0.6 is 11.6 Å². The summed E-state index contributed by atoms with van der Waals surface area (Å²) in [4.78, 5) is 10.8. The average molecular weight is 269 g/mol. The van der Waals surface area contributed by atoms with Crippen molar-refractivity contribution in [3.8, 4) is 11.5 Å². The summed E-state index contributed by atoms with van der Waals surface area (Å²) < 4.78 is 10.7. The summed E-state index contributed by atoms with van der Waals surface area (Å²) in [5, 5.41) is 0.469. The van der Waals surface area contributed by atoms with Crippen molar-refractivity contribution in [1.29, 1.82) is 0 Å². The Morgan fingerprint density at radius 3 is 2.61 bits per heavy atom. The van der Waals surface area contributed by atoms with Crippen molar-refractivity contribution in [2.24, 2.45) is 0 Å². The zero-order valence-corrected chi connectivity index (χ0v) is 11.6. The minimum absolute atomic E-state index is 0.469. The third-order valence-corrected chi connectivity index (χ3v) is 2.73. The molecule has 0 radical (unpaired) electrons. The predicted molar refractivity (Wildman–Crippen MR) is 73.5 cm³/mol. The minimum Gasteiger partial charge on any atom is -0.491 e. The Morgan fingerprint density at radius 2 is 2.11 bits per heavy atom. The van der Waals surface area contributed by atoms with Gasteiger partial charge in [-0.3, -0.25) is 4.79 Å². The van der Waals surface area contributed by atoms with E-state index in [-0.39, 0.29) is 0 Å². The van der Waals surface area contributed by atoms with Gasteiger partial charge in [-0.15, -0.1) is 0 Å². The van der Waals surface area contributed by atoms with Crippen molar-refractivity contribution in [2.75, 3.05) is 13.7 Å². The van der Waals surface area contributed by atoms with Crippen molar-refractivity contribution in [2.45, 2.75) is 20.3 Å². The molecule has 18 heavy (non-hydrogen) atoms. The minimum atomic E-state index is 0.469. The summed E-state index contributed by atoms with van der Waals surface area (Å²) in [6, 6.07) is 3.56. The lowest BCUT2D eigenvalue weighted by atomic mass is 10.1. The van der Waals surface area contributed by atoms with E-state index in [0.29, 0.717) is 35.1 Å².